The second kappa shape index (κ2) is 7.16. The van der Waals surface area contributed by atoms with Crippen molar-refractivity contribution in [3.63, 3.8) is 0 Å². The van der Waals surface area contributed by atoms with Crippen LogP contribution in [0.4, 0.5) is 0 Å². The molecule has 0 bridgehead atoms. The Morgan fingerprint density at radius 1 is 1.53 bits per heavy atom. The molecule has 0 radical (unpaired) electrons. The van der Waals surface area contributed by atoms with E-state index in [1.807, 2.05) is 16.8 Å². The average Bonchev–Trinajstić information content (AvgIpc) is 3.01. The number of hydrogen-bond donors (Lipinski definition) is 2. The van der Waals surface area contributed by atoms with Crippen LogP contribution in [0, 0.1) is 0 Å². The Morgan fingerprint density at radius 2 is 2.37 bits per heavy atom. The third-order valence-corrected chi connectivity index (χ3v) is 4.50. The van der Waals surface area contributed by atoms with E-state index in [0.29, 0.717) is 0 Å². The summed E-state index contributed by atoms with van der Waals surface area (Å²) in [7, 11) is 1.71. The van der Waals surface area contributed by atoms with Crippen molar-refractivity contribution in [2.24, 2.45) is 5.84 Å². The van der Waals surface area contributed by atoms with Crippen molar-refractivity contribution in [2.45, 2.75) is 19.0 Å². The van der Waals surface area contributed by atoms with Crippen molar-refractivity contribution in [3.8, 4) is 0 Å². The summed E-state index contributed by atoms with van der Waals surface area (Å²) in [6, 6.07) is 6.04. The van der Waals surface area contributed by atoms with E-state index in [0.717, 1.165) is 33.9 Å². The molecule has 0 spiro atoms. The highest BCUT2D eigenvalue weighted by Crippen LogP contribution is 2.30. The molecule has 2 heterocycles. The van der Waals surface area contributed by atoms with Crippen LogP contribution in [0.15, 0.2) is 28.2 Å². The van der Waals surface area contributed by atoms with E-state index in [-0.39, 0.29) is 6.04 Å². The number of aryl methyl sites for hydroxylation is 1. The number of nitrogens with one attached hydrogen (secondary N) is 1. The molecule has 0 amide bonds. The lowest BCUT2D eigenvalue weighted by Gasteiger charge is -2.16. The highest BCUT2D eigenvalue weighted by atomic mass is 79.9. The maximum Gasteiger partial charge on any atom is 0.0970 e. The Kier molecular flexibility index (Phi) is 5.53. The zero-order valence-electron chi connectivity index (χ0n) is 10.7. The van der Waals surface area contributed by atoms with Crippen LogP contribution in [0.25, 0.3) is 0 Å². The van der Waals surface area contributed by atoms with E-state index >= 15 is 0 Å². The Balaban J connectivity index is 2.17. The van der Waals surface area contributed by atoms with Crippen LogP contribution in [0.1, 0.15) is 23.0 Å². The van der Waals surface area contributed by atoms with Gasteiger partial charge in [-0.1, -0.05) is 0 Å². The smallest absolute Gasteiger partial charge is 0.0970 e. The number of nitrogens with two attached hydrogens (primary N) is 1. The second-order valence-electron chi connectivity index (χ2n) is 4.07. The van der Waals surface area contributed by atoms with Crippen molar-refractivity contribution in [1.82, 2.24) is 15.2 Å². The lowest BCUT2D eigenvalue weighted by Crippen LogP contribution is -2.30. The van der Waals surface area contributed by atoms with Crippen molar-refractivity contribution in [2.75, 3.05) is 13.7 Å². The molecule has 0 aliphatic heterocycles. The number of halogens is 1. The van der Waals surface area contributed by atoms with Gasteiger partial charge in [-0.15, -0.1) is 11.3 Å². The van der Waals surface area contributed by atoms with Gasteiger partial charge in [-0.25, -0.2) is 5.43 Å². The zero-order valence-corrected chi connectivity index (χ0v) is 13.1. The third kappa shape index (κ3) is 3.64. The number of nitrogens with zero attached hydrogens (tertiary/aromatic N) is 2. The number of hydrazine groups is 1. The van der Waals surface area contributed by atoms with Crippen LogP contribution in [-0.2, 0) is 11.3 Å². The molecule has 3 N–H and O–H groups in total. The largest absolute Gasteiger partial charge is 0.385 e. The second-order valence-corrected chi connectivity index (χ2v) is 6.56. The number of methoxy groups -OCH3 is 1. The van der Waals surface area contributed by atoms with Crippen LogP contribution < -0.4 is 11.3 Å². The van der Waals surface area contributed by atoms with Crippen LogP contribution in [0.3, 0.4) is 0 Å². The zero-order chi connectivity index (χ0) is 13.7. The summed E-state index contributed by atoms with van der Waals surface area (Å²) >= 11 is 5.14. The summed E-state index contributed by atoms with van der Waals surface area (Å²) in [6.07, 6.45) is 2.73. The Hall–Kier alpha value is -0.730. The summed E-state index contributed by atoms with van der Waals surface area (Å²) in [5.74, 6) is 5.70. The monoisotopic (exact) mass is 344 g/mol. The molecule has 1 unspecified atom stereocenters. The maximum absolute atomic E-state index is 5.70. The summed E-state index contributed by atoms with van der Waals surface area (Å²) < 4.78 is 8.13. The Morgan fingerprint density at radius 3 is 3.00 bits per heavy atom. The fourth-order valence-corrected chi connectivity index (χ4v) is 3.43. The normalized spacial score (nSPS) is 12.8. The number of thiophene rings is 1. The highest BCUT2D eigenvalue weighted by molar-refractivity contribution is 9.11. The Labute approximate surface area is 124 Å². The lowest BCUT2D eigenvalue weighted by atomic mass is 10.2. The molecule has 19 heavy (non-hydrogen) atoms. The van der Waals surface area contributed by atoms with Crippen LogP contribution >= 0.6 is 27.3 Å². The molecular weight excluding hydrogens is 328 g/mol. The number of ether oxygens (including phenoxy) is 1. The van der Waals surface area contributed by atoms with E-state index in [4.69, 9.17) is 10.6 Å². The molecule has 0 aliphatic rings. The minimum Gasteiger partial charge on any atom is -0.385 e. The summed E-state index contributed by atoms with van der Waals surface area (Å²) in [6.45, 7) is 1.55. The molecule has 0 aliphatic carbocycles. The Bertz CT molecular complexity index is 513. The first-order valence-corrected chi connectivity index (χ1v) is 7.59. The highest BCUT2D eigenvalue weighted by Gasteiger charge is 2.18. The lowest BCUT2D eigenvalue weighted by molar-refractivity contribution is 0.188. The molecule has 0 aromatic carbocycles. The third-order valence-electron chi connectivity index (χ3n) is 2.81. The van der Waals surface area contributed by atoms with E-state index < -0.39 is 0 Å². The molecule has 104 valence electrons. The van der Waals surface area contributed by atoms with Gasteiger partial charge in [0.1, 0.15) is 0 Å². The van der Waals surface area contributed by atoms with Gasteiger partial charge in [0.2, 0.25) is 0 Å². The van der Waals surface area contributed by atoms with Crippen LogP contribution in [0.5, 0.6) is 0 Å². The van der Waals surface area contributed by atoms with Gasteiger partial charge in [0.15, 0.2) is 0 Å². The number of aromatic nitrogens is 2. The molecule has 2 aromatic rings. The van der Waals surface area contributed by atoms with Gasteiger partial charge >= 0.3 is 0 Å². The SMILES string of the molecule is COCCCn1nccc1C(NN)c1ccc(Br)s1. The van der Waals surface area contributed by atoms with Gasteiger partial charge in [0, 0.05) is 31.3 Å². The van der Waals surface area contributed by atoms with E-state index in [2.05, 4.69) is 32.5 Å². The van der Waals surface area contributed by atoms with Gasteiger partial charge < -0.3 is 4.74 Å². The number of hydrogen-bond acceptors (Lipinski definition) is 5. The first kappa shape index (κ1) is 14.7. The minimum atomic E-state index is -0.0404. The predicted octanol–water partition coefficient (Wildman–Crippen LogP) is 2.30. The van der Waals surface area contributed by atoms with Gasteiger partial charge in [0.25, 0.3) is 0 Å². The topological polar surface area (TPSA) is 65.1 Å². The molecule has 0 saturated carbocycles. The maximum atomic E-state index is 5.70. The molecule has 7 heteroatoms. The minimum absolute atomic E-state index is 0.0404. The van der Waals surface area contributed by atoms with Gasteiger partial charge in [-0.3, -0.25) is 10.5 Å². The van der Waals surface area contributed by atoms with E-state index in [1.54, 1.807) is 24.6 Å². The molecule has 1 atom stereocenters. The van der Waals surface area contributed by atoms with Gasteiger partial charge in [-0.05, 0) is 40.5 Å². The van der Waals surface area contributed by atoms with Crippen molar-refractivity contribution < 1.29 is 4.74 Å². The standard InChI is InChI=1S/C12H17BrN4OS/c1-18-8-2-7-17-9(5-6-15-17)12(16-14)10-3-4-11(13)19-10/h3-6,12,16H,2,7-8,14H2,1H3. The van der Waals surface area contributed by atoms with E-state index in [1.165, 1.54) is 0 Å². The predicted molar refractivity (Wildman–Crippen MR) is 79.9 cm³/mol. The number of rotatable bonds is 7. The molecule has 2 rings (SSSR count). The van der Waals surface area contributed by atoms with Crippen LogP contribution in [0.2, 0.25) is 0 Å². The van der Waals surface area contributed by atoms with Gasteiger partial charge in [0.05, 0.1) is 15.5 Å². The first-order chi connectivity index (χ1) is 9.26. The quantitative estimate of drug-likeness (QED) is 0.459. The first-order valence-electron chi connectivity index (χ1n) is 5.98. The fourth-order valence-electron chi connectivity index (χ4n) is 1.93. The molecule has 0 fully saturated rings. The summed E-state index contributed by atoms with van der Waals surface area (Å²) in [5, 5.41) is 4.35. The van der Waals surface area contributed by atoms with Crippen LogP contribution in [-0.4, -0.2) is 23.5 Å². The van der Waals surface area contributed by atoms with Crippen molar-refractivity contribution in [1.29, 1.82) is 0 Å². The summed E-state index contributed by atoms with van der Waals surface area (Å²) in [4.78, 5) is 1.16. The molecular formula is C12H17BrN4OS. The van der Waals surface area contributed by atoms with Crippen molar-refractivity contribution in [3.05, 3.63) is 38.8 Å². The summed E-state index contributed by atoms with van der Waals surface area (Å²) in [5.41, 5.74) is 3.93. The fraction of sp³-hybridized carbons (Fsp3) is 0.417. The van der Waals surface area contributed by atoms with E-state index in [9.17, 15) is 0 Å². The molecule has 0 saturated heterocycles. The average molecular weight is 345 g/mol. The molecule has 2 aromatic heterocycles. The molecule has 5 nitrogen and oxygen atoms in total. The van der Waals surface area contributed by atoms with Crippen molar-refractivity contribution >= 4 is 27.3 Å². The van der Waals surface area contributed by atoms with Gasteiger partial charge in [-0.2, -0.15) is 5.10 Å².